The number of pyridine rings is 1. The van der Waals surface area contributed by atoms with Gasteiger partial charge >= 0.3 is 0 Å². The van der Waals surface area contributed by atoms with Gasteiger partial charge in [-0.05, 0) is 32.1 Å². The third kappa shape index (κ3) is 5.44. The molecule has 1 aliphatic rings. The minimum Gasteiger partial charge on any atom is -0.383 e. The van der Waals surface area contributed by atoms with Crippen molar-refractivity contribution in [2.45, 2.75) is 39.3 Å². The molecule has 0 saturated heterocycles. The van der Waals surface area contributed by atoms with Gasteiger partial charge in [0.1, 0.15) is 11.6 Å². The van der Waals surface area contributed by atoms with Gasteiger partial charge in [-0.15, -0.1) is 0 Å². The Hall–Kier alpha value is -3.27. The number of fused-ring (bicyclic) bond motifs is 1. The van der Waals surface area contributed by atoms with E-state index < -0.39 is 5.82 Å². The number of anilines is 3. The molecule has 2 N–H and O–H groups in total. The summed E-state index contributed by atoms with van der Waals surface area (Å²) in [4.78, 5) is 17.3. The van der Waals surface area contributed by atoms with Crippen molar-refractivity contribution in [2.75, 3.05) is 49.3 Å². The highest BCUT2D eigenvalue weighted by molar-refractivity contribution is 5.48. The lowest BCUT2D eigenvalue weighted by molar-refractivity contribution is 0.425. The van der Waals surface area contributed by atoms with Crippen molar-refractivity contribution in [1.82, 2.24) is 29.6 Å². The van der Waals surface area contributed by atoms with Crippen LogP contribution in [0.2, 0.25) is 0 Å². The Morgan fingerprint density at radius 2 is 1.97 bits per heavy atom. The fourth-order valence-corrected chi connectivity index (χ4v) is 4.32. The average molecular weight is 468 g/mol. The summed E-state index contributed by atoms with van der Waals surface area (Å²) in [7, 11) is 6.06. The average Bonchev–Trinajstić information content (AvgIpc) is 3.14. The van der Waals surface area contributed by atoms with E-state index in [9.17, 15) is 4.39 Å². The van der Waals surface area contributed by atoms with Crippen LogP contribution in [-0.4, -0.2) is 63.4 Å². The highest BCUT2D eigenvalue weighted by Crippen LogP contribution is 2.30. The number of halogens is 1. The smallest absolute Gasteiger partial charge is 0.183 e. The maximum Gasteiger partial charge on any atom is 0.183 e. The Bertz CT molecular complexity index is 1110. The molecule has 10 heteroatoms. The summed E-state index contributed by atoms with van der Waals surface area (Å²) in [6.07, 6.45) is 3.82. The van der Waals surface area contributed by atoms with Crippen LogP contribution in [0.15, 0.2) is 24.5 Å². The van der Waals surface area contributed by atoms with Crippen LogP contribution in [-0.2, 0) is 26.6 Å². The number of hydrogen-bond acceptors (Lipinski definition) is 8. The Kier molecular flexibility index (Phi) is 7.26. The normalized spacial score (nSPS) is 13.5. The minimum atomic E-state index is -0.409. The van der Waals surface area contributed by atoms with Crippen molar-refractivity contribution < 1.29 is 4.39 Å². The Morgan fingerprint density at radius 3 is 2.68 bits per heavy atom. The van der Waals surface area contributed by atoms with Gasteiger partial charge in [0.05, 0.1) is 30.3 Å². The maximum atomic E-state index is 14.7. The molecule has 0 aromatic carbocycles. The second-order valence-corrected chi connectivity index (χ2v) is 9.23. The summed E-state index contributed by atoms with van der Waals surface area (Å²) >= 11 is 0. The Morgan fingerprint density at radius 1 is 1.15 bits per heavy atom. The van der Waals surface area contributed by atoms with Crippen LogP contribution < -0.4 is 15.5 Å². The lowest BCUT2D eigenvalue weighted by Crippen LogP contribution is -2.32. The third-order valence-corrected chi connectivity index (χ3v) is 5.95. The van der Waals surface area contributed by atoms with Crippen LogP contribution in [0, 0.1) is 5.82 Å². The molecule has 3 aromatic rings. The first-order chi connectivity index (χ1) is 16.3. The van der Waals surface area contributed by atoms with E-state index in [2.05, 4.69) is 49.4 Å². The van der Waals surface area contributed by atoms with Crippen molar-refractivity contribution in [1.29, 1.82) is 0 Å². The van der Waals surface area contributed by atoms with Crippen LogP contribution in [0.5, 0.6) is 0 Å². The largest absolute Gasteiger partial charge is 0.383 e. The Labute approximate surface area is 200 Å². The molecule has 0 fully saturated rings. The predicted molar refractivity (Wildman–Crippen MR) is 133 cm³/mol. The van der Waals surface area contributed by atoms with Crippen LogP contribution in [0.3, 0.4) is 0 Å². The predicted octanol–water partition coefficient (Wildman–Crippen LogP) is 3.02. The number of rotatable bonds is 9. The van der Waals surface area contributed by atoms with E-state index in [1.54, 1.807) is 6.20 Å². The molecular weight excluding hydrogens is 433 g/mol. The van der Waals surface area contributed by atoms with Gasteiger partial charge in [-0.2, -0.15) is 5.10 Å². The molecule has 0 spiro atoms. The van der Waals surface area contributed by atoms with Crippen LogP contribution in [0.1, 0.15) is 42.5 Å². The summed E-state index contributed by atoms with van der Waals surface area (Å²) < 4.78 is 16.7. The molecule has 0 aliphatic carbocycles. The fourth-order valence-electron chi connectivity index (χ4n) is 4.32. The van der Waals surface area contributed by atoms with Crippen molar-refractivity contribution in [2.24, 2.45) is 7.05 Å². The first kappa shape index (κ1) is 23.9. The van der Waals surface area contributed by atoms with Gasteiger partial charge in [0.2, 0.25) is 0 Å². The number of aryl methyl sites for hydroxylation is 1. The fraction of sp³-hybridized carbons (Fsp3) is 0.500. The third-order valence-electron chi connectivity index (χ3n) is 5.95. The number of hydrogen-bond donors (Lipinski definition) is 2. The van der Waals surface area contributed by atoms with Gasteiger partial charge in [0.15, 0.2) is 11.6 Å². The SMILES string of the molecule is CC(C)c1c2c(nn1C)CCN(c1nc(CNc3ccc(NCCN(C)C)cn3)ncc1F)C2. The molecule has 4 heterocycles. The van der Waals surface area contributed by atoms with E-state index in [1.165, 1.54) is 17.5 Å². The first-order valence-electron chi connectivity index (χ1n) is 11.7. The lowest BCUT2D eigenvalue weighted by atomic mass is 9.99. The van der Waals surface area contributed by atoms with Crippen molar-refractivity contribution in [3.8, 4) is 0 Å². The molecule has 0 bridgehead atoms. The zero-order valence-corrected chi connectivity index (χ0v) is 20.6. The van der Waals surface area contributed by atoms with Crippen LogP contribution in [0.25, 0.3) is 0 Å². The van der Waals surface area contributed by atoms with E-state index in [0.717, 1.165) is 30.9 Å². The van der Waals surface area contributed by atoms with Crippen LogP contribution >= 0.6 is 0 Å². The minimum absolute atomic E-state index is 0.337. The molecule has 0 amide bonds. The van der Waals surface area contributed by atoms with Gasteiger partial charge < -0.3 is 20.4 Å². The van der Waals surface area contributed by atoms with E-state index in [0.29, 0.717) is 43.0 Å². The van der Waals surface area contributed by atoms with Gasteiger partial charge in [-0.3, -0.25) is 4.68 Å². The van der Waals surface area contributed by atoms with E-state index in [-0.39, 0.29) is 0 Å². The highest BCUT2D eigenvalue weighted by atomic mass is 19.1. The van der Waals surface area contributed by atoms with E-state index in [4.69, 9.17) is 0 Å². The van der Waals surface area contributed by atoms with Gasteiger partial charge in [0, 0.05) is 50.9 Å². The Balaban J connectivity index is 1.41. The molecular formula is C24H34FN9. The molecule has 1 aliphatic heterocycles. The summed E-state index contributed by atoms with van der Waals surface area (Å²) in [6, 6.07) is 3.89. The van der Waals surface area contributed by atoms with Gasteiger partial charge in [-0.25, -0.2) is 19.3 Å². The standard InChI is InChI=1S/C24H34FN9/c1-16(2)23-18-15-34(10-8-20(18)31-33(23)5)24-19(25)13-28-22(30-24)14-29-21-7-6-17(12-27-21)26-9-11-32(3)4/h6-7,12-13,16,26H,8-11,14-15H2,1-5H3,(H,27,29). The van der Waals surface area contributed by atoms with Crippen molar-refractivity contribution in [3.05, 3.63) is 53.1 Å². The molecule has 0 atom stereocenters. The topological polar surface area (TPSA) is 87.0 Å². The molecule has 4 rings (SSSR count). The first-order valence-corrected chi connectivity index (χ1v) is 11.7. The number of likely N-dealkylation sites (N-methyl/N-ethyl adjacent to an activating group) is 1. The monoisotopic (exact) mass is 467 g/mol. The maximum absolute atomic E-state index is 14.7. The molecule has 0 unspecified atom stereocenters. The lowest BCUT2D eigenvalue weighted by Gasteiger charge is -2.28. The van der Waals surface area contributed by atoms with Gasteiger partial charge in [-0.1, -0.05) is 13.8 Å². The summed E-state index contributed by atoms with van der Waals surface area (Å²) in [5.74, 6) is 1.51. The van der Waals surface area contributed by atoms with Crippen LogP contribution in [0.4, 0.5) is 21.7 Å². The molecule has 0 radical (unpaired) electrons. The molecule has 182 valence electrons. The molecule has 0 saturated carbocycles. The molecule has 34 heavy (non-hydrogen) atoms. The second kappa shape index (κ2) is 10.3. The zero-order chi connectivity index (χ0) is 24.2. The highest BCUT2D eigenvalue weighted by Gasteiger charge is 2.27. The summed E-state index contributed by atoms with van der Waals surface area (Å²) in [5, 5.41) is 11.2. The number of nitrogens with one attached hydrogen (secondary N) is 2. The van der Waals surface area contributed by atoms with Crippen molar-refractivity contribution in [3.63, 3.8) is 0 Å². The zero-order valence-electron chi connectivity index (χ0n) is 20.6. The number of aromatic nitrogens is 5. The van der Waals surface area contributed by atoms with E-state index >= 15 is 0 Å². The quantitative estimate of drug-likeness (QED) is 0.497. The molecule has 9 nitrogen and oxygen atoms in total. The number of nitrogens with zero attached hydrogens (tertiary/aromatic N) is 7. The summed E-state index contributed by atoms with van der Waals surface area (Å²) in [6.45, 7) is 7.74. The van der Waals surface area contributed by atoms with E-state index in [1.807, 2.05) is 42.9 Å². The van der Waals surface area contributed by atoms with Gasteiger partial charge in [0.25, 0.3) is 0 Å². The summed E-state index contributed by atoms with van der Waals surface area (Å²) in [5.41, 5.74) is 4.45. The molecule has 3 aromatic heterocycles. The van der Waals surface area contributed by atoms with Crippen molar-refractivity contribution >= 4 is 17.3 Å². The second-order valence-electron chi connectivity index (χ2n) is 9.23.